The molecule has 0 heterocycles. The van der Waals surface area contributed by atoms with E-state index < -0.39 is 0 Å². The van der Waals surface area contributed by atoms with E-state index in [4.69, 9.17) is 34.8 Å². The Labute approximate surface area is 132 Å². The number of para-hydroxylation sites is 1. The van der Waals surface area contributed by atoms with E-state index in [-0.39, 0.29) is 5.91 Å². The lowest BCUT2D eigenvalue weighted by molar-refractivity contribution is -0.111. The fourth-order valence-electron chi connectivity index (χ4n) is 1.56. The van der Waals surface area contributed by atoms with Crippen LogP contribution in [0.4, 0.5) is 5.69 Å². The maximum absolute atomic E-state index is 11.8. The van der Waals surface area contributed by atoms with Crippen molar-refractivity contribution in [2.75, 3.05) is 5.32 Å². The maximum atomic E-state index is 11.8. The molecule has 0 atom stereocenters. The quantitative estimate of drug-likeness (QED) is 0.762. The molecule has 5 heteroatoms. The number of benzene rings is 2. The van der Waals surface area contributed by atoms with Crippen molar-refractivity contribution in [1.29, 1.82) is 0 Å². The lowest BCUT2D eigenvalue weighted by atomic mass is 10.2. The van der Waals surface area contributed by atoms with Gasteiger partial charge in [-0.1, -0.05) is 59.1 Å². The summed E-state index contributed by atoms with van der Waals surface area (Å²) in [6, 6.07) is 12.2. The largest absolute Gasteiger partial charge is 0.320 e. The van der Waals surface area contributed by atoms with Gasteiger partial charge >= 0.3 is 0 Å². The van der Waals surface area contributed by atoms with Crippen LogP contribution in [0.25, 0.3) is 6.08 Å². The Balaban J connectivity index is 2.12. The molecule has 2 aromatic carbocycles. The van der Waals surface area contributed by atoms with E-state index >= 15 is 0 Å². The normalized spacial score (nSPS) is 10.8. The highest BCUT2D eigenvalue weighted by molar-refractivity contribution is 6.40. The molecule has 1 amide bonds. The number of carbonyl (C=O) groups excluding carboxylic acids is 1. The van der Waals surface area contributed by atoms with Gasteiger partial charge in [0.05, 0.1) is 15.7 Å². The fraction of sp³-hybridized carbons (Fsp3) is 0. The monoisotopic (exact) mass is 325 g/mol. The molecule has 0 aliphatic carbocycles. The van der Waals surface area contributed by atoms with Gasteiger partial charge in [0, 0.05) is 11.1 Å². The molecule has 0 bridgehead atoms. The summed E-state index contributed by atoms with van der Waals surface area (Å²) in [5.41, 5.74) is 1.15. The molecular formula is C15H10Cl3NO. The average Bonchev–Trinajstić information content (AvgIpc) is 2.42. The van der Waals surface area contributed by atoms with Crippen molar-refractivity contribution in [2.24, 2.45) is 0 Å². The van der Waals surface area contributed by atoms with Gasteiger partial charge in [-0.2, -0.15) is 0 Å². The molecule has 2 aromatic rings. The van der Waals surface area contributed by atoms with E-state index in [0.29, 0.717) is 20.8 Å². The zero-order chi connectivity index (χ0) is 14.5. The predicted octanol–water partition coefficient (Wildman–Crippen LogP) is 5.30. The highest BCUT2D eigenvalue weighted by atomic mass is 35.5. The van der Waals surface area contributed by atoms with E-state index in [1.165, 1.54) is 6.08 Å². The molecule has 0 aliphatic rings. The van der Waals surface area contributed by atoms with Crippen molar-refractivity contribution < 1.29 is 4.79 Å². The first-order valence-electron chi connectivity index (χ1n) is 5.75. The smallest absolute Gasteiger partial charge is 0.248 e. The van der Waals surface area contributed by atoms with Crippen molar-refractivity contribution in [3.8, 4) is 0 Å². The number of hydrogen-bond acceptors (Lipinski definition) is 1. The van der Waals surface area contributed by atoms with Crippen LogP contribution in [0.2, 0.25) is 15.1 Å². The zero-order valence-electron chi connectivity index (χ0n) is 10.2. The fourth-order valence-corrected chi connectivity index (χ4v) is 2.25. The van der Waals surface area contributed by atoms with Crippen LogP contribution in [0, 0.1) is 0 Å². The second-order valence-corrected chi connectivity index (χ2v) is 5.16. The Morgan fingerprint density at radius 3 is 2.15 bits per heavy atom. The Bertz CT molecular complexity index is 648. The van der Waals surface area contributed by atoms with Gasteiger partial charge < -0.3 is 5.32 Å². The van der Waals surface area contributed by atoms with Crippen molar-refractivity contribution in [1.82, 2.24) is 0 Å². The number of rotatable bonds is 3. The number of carbonyl (C=O) groups is 1. The van der Waals surface area contributed by atoms with E-state index in [1.807, 2.05) is 18.2 Å². The zero-order valence-corrected chi connectivity index (χ0v) is 12.5. The third-order valence-corrected chi connectivity index (χ3v) is 3.50. The lowest BCUT2D eigenvalue weighted by Crippen LogP contribution is -2.08. The van der Waals surface area contributed by atoms with Crippen molar-refractivity contribution >= 4 is 52.5 Å². The minimum atomic E-state index is -0.333. The van der Waals surface area contributed by atoms with Gasteiger partial charge in [-0.15, -0.1) is 0 Å². The summed E-state index contributed by atoms with van der Waals surface area (Å²) < 4.78 is 0. The lowest BCUT2D eigenvalue weighted by Gasteiger charge is -2.06. The molecule has 20 heavy (non-hydrogen) atoms. The summed E-state index contributed by atoms with van der Waals surface area (Å²) >= 11 is 17.9. The minimum Gasteiger partial charge on any atom is -0.320 e. The third kappa shape index (κ3) is 3.76. The van der Waals surface area contributed by atoms with Crippen LogP contribution in [-0.4, -0.2) is 5.91 Å². The SMILES string of the molecule is O=C(C=Cc1ccccc1Cl)Nc1c(Cl)cccc1Cl. The standard InChI is InChI=1S/C15H10Cl3NO/c16-11-5-2-1-4-10(11)8-9-14(20)19-15-12(17)6-3-7-13(15)18/h1-9H,(H,19,20). The average molecular weight is 327 g/mol. The van der Waals surface area contributed by atoms with Crippen molar-refractivity contribution in [2.45, 2.75) is 0 Å². The Morgan fingerprint density at radius 1 is 0.900 bits per heavy atom. The number of halogens is 3. The molecule has 0 spiro atoms. The molecule has 2 nitrogen and oxygen atoms in total. The van der Waals surface area contributed by atoms with Gasteiger partial charge in [0.15, 0.2) is 0 Å². The van der Waals surface area contributed by atoms with Crippen LogP contribution < -0.4 is 5.32 Å². The molecule has 102 valence electrons. The van der Waals surface area contributed by atoms with Crippen LogP contribution in [-0.2, 0) is 4.79 Å². The van der Waals surface area contributed by atoms with Crippen LogP contribution in [0.15, 0.2) is 48.5 Å². The number of hydrogen-bond donors (Lipinski definition) is 1. The Morgan fingerprint density at radius 2 is 1.50 bits per heavy atom. The first-order valence-corrected chi connectivity index (χ1v) is 6.89. The van der Waals surface area contributed by atoms with Crippen LogP contribution in [0.5, 0.6) is 0 Å². The summed E-state index contributed by atoms with van der Waals surface area (Å²) in [5.74, 6) is -0.333. The minimum absolute atomic E-state index is 0.333. The van der Waals surface area contributed by atoms with Gasteiger partial charge in [-0.05, 0) is 29.8 Å². The number of amides is 1. The van der Waals surface area contributed by atoms with Gasteiger partial charge in [-0.3, -0.25) is 4.79 Å². The summed E-state index contributed by atoms with van der Waals surface area (Å²) in [5, 5.41) is 3.98. The van der Waals surface area contributed by atoms with Crippen molar-refractivity contribution in [3.63, 3.8) is 0 Å². The summed E-state index contributed by atoms with van der Waals surface area (Å²) in [6.45, 7) is 0. The topological polar surface area (TPSA) is 29.1 Å². The number of anilines is 1. The highest BCUT2D eigenvalue weighted by Gasteiger charge is 2.07. The van der Waals surface area contributed by atoms with E-state index in [9.17, 15) is 4.79 Å². The molecule has 0 radical (unpaired) electrons. The summed E-state index contributed by atoms with van der Waals surface area (Å²) in [6.07, 6.45) is 3.00. The van der Waals surface area contributed by atoms with Gasteiger partial charge in [-0.25, -0.2) is 0 Å². The third-order valence-electron chi connectivity index (χ3n) is 2.53. The van der Waals surface area contributed by atoms with Crippen LogP contribution in [0.1, 0.15) is 5.56 Å². The Hall–Kier alpha value is -1.48. The van der Waals surface area contributed by atoms with Crippen molar-refractivity contribution in [3.05, 3.63) is 69.2 Å². The van der Waals surface area contributed by atoms with Crippen LogP contribution in [0.3, 0.4) is 0 Å². The molecule has 0 aliphatic heterocycles. The second kappa shape index (κ2) is 6.80. The maximum Gasteiger partial charge on any atom is 0.248 e. The van der Waals surface area contributed by atoms with Gasteiger partial charge in [0.2, 0.25) is 5.91 Å². The van der Waals surface area contributed by atoms with E-state index in [0.717, 1.165) is 5.56 Å². The summed E-state index contributed by atoms with van der Waals surface area (Å²) in [4.78, 5) is 11.8. The van der Waals surface area contributed by atoms with Gasteiger partial charge in [0.25, 0.3) is 0 Å². The van der Waals surface area contributed by atoms with Crippen LogP contribution >= 0.6 is 34.8 Å². The molecule has 0 saturated heterocycles. The molecule has 1 N–H and O–H groups in total. The first-order chi connectivity index (χ1) is 9.58. The predicted molar refractivity (Wildman–Crippen MR) is 85.6 cm³/mol. The van der Waals surface area contributed by atoms with E-state index in [1.54, 1.807) is 30.3 Å². The molecule has 0 aromatic heterocycles. The molecule has 0 unspecified atom stereocenters. The molecular weight excluding hydrogens is 317 g/mol. The molecule has 0 fully saturated rings. The molecule has 0 saturated carbocycles. The Kier molecular flexibility index (Phi) is 5.07. The number of nitrogens with one attached hydrogen (secondary N) is 1. The van der Waals surface area contributed by atoms with E-state index in [2.05, 4.69) is 5.32 Å². The summed E-state index contributed by atoms with van der Waals surface area (Å²) in [7, 11) is 0. The van der Waals surface area contributed by atoms with Gasteiger partial charge in [0.1, 0.15) is 0 Å². The first kappa shape index (κ1) is 14.9. The highest BCUT2D eigenvalue weighted by Crippen LogP contribution is 2.29. The molecule has 2 rings (SSSR count). The second-order valence-electron chi connectivity index (χ2n) is 3.94.